The Morgan fingerprint density at radius 2 is 1.90 bits per heavy atom. The summed E-state index contributed by atoms with van der Waals surface area (Å²) in [6, 6.07) is 10.4. The van der Waals surface area contributed by atoms with Crippen molar-refractivity contribution in [2.75, 3.05) is 19.7 Å². The molecular weight excluding hydrogens is 362 g/mol. The van der Waals surface area contributed by atoms with Crippen LogP contribution in [-0.2, 0) is 13.1 Å². The molecule has 0 saturated carbocycles. The SMILES string of the molecule is CCCC(CCO)CNC(=NCc1c(C)nn(Cc2ccccc2)c1C)NCC. The molecule has 0 saturated heterocycles. The van der Waals surface area contributed by atoms with Crippen LogP contribution < -0.4 is 10.6 Å². The number of nitrogens with zero attached hydrogens (tertiary/aromatic N) is 3. The van der Waals surface area contributed by atoms with Crippen LogP contribution in [0.1, 0.15) is 55.6 Å². The van der Waals surface area contributed by atoms with Gasteiger partial charge in [-0.15, -0.1) is 0 Å². The van der Waals surface area contributed by atoms with E-state index in [2.05, 4.69) is 67.3 Å². The molecule has 1 aromatic carbocycles. The summed E-state index contributed by atoms with van der Waals surface area (Å²) >= 11 is 0. The van der Waals surface area contributed by atoms with Gasteiger partial charge < -0.3 is 15.7 Å². The molecule has 0 aliphatic carbocycles. The fourth-order valence-corrected chi connectivity index (χ4v) is 3.55. The Morgan fingerprint density at radius 1 is 1.14 bits per heavy atom. The van der Waals surface area contributed by atoms with Crippen molar-refractivity contribution < 1.29 is 5.11 Å². The van der Waals surface area contributed by atoms with Crippen LogP contribution in [0, 0.1) is 19.8 Å². The first-order valence-electron chi connectivity index (χ1n) is 10.8. The molecule has 3 N–H and O–H groups in total. The monoisotopic (exact) mass is 399 g/mol. The molecule has 0 aliphatic rings. The van der Waals surface area contributed by atoms with Crippen LogP contribution in [0.3, 0.4) is 0 Å². The van der Waals surface area contributed by atoms with Crippen molar-refractivity contribution in [3.8, 4) is 0 Å². The first kappa shape index (κ1) is 22.9. The predicted octanol–water partition coefficient (Wildman–Crippen LogP) is 3.40. The summed E-state index contributed by atoms with van der Waals surface area (Å²) in [6.45, 7) is 11.7. The zero-order valence-corrected chi connectivity index (χ0v) is 18.4. The normalized spacial score (nSPS) is 12.8. The van der Waals surface area contributed by atoms with Gasteiger partial charge in [-0.3, -0.25) is 4.68 Å². The number of aromatic nitrogens is 2. The van der Waals surface area contributed by atoms with Crippen molar-refractivity contribution >= 4 is 5.96 Å². The van der Waals surface area contributed by atoms with Gasteiger partial charge in [0.2, 0.25) is 0 Å². The summed E-state index contributed by atoms with van der Waals surface area (Å²) in [5, 5.41) is 20.8. The molecule has 6 heteroatoms. The molecule has 1 heterocycles. The lowest BCUT2D eigenvalue weighted by atomic mass is 10.0. The summed E-state index contributed by atoms with van der Waals surface area (Å²) in [5.74, 6) is 1.28. The number of aliphatic imine (C=N–C) groups is 1. The first-order chi connectivity index (χ1) is 14.1. The zero-order valence-electron chi connectivity index (χ0n) is 18.4. The summed E-state index contributed by atoms with van der Waals surface area (Å²) in [7, 11) is 0. The highest BCUT2D eigenvalue weighted by atomic mass is 16.3. The van der Waals surface area contributed by atoms with Gasteiger partial charge in [-0.05, 0) is 45.1 Å². The molecule has 0 spiro atoms. The molecule has 1 aromatic heterocycles. The fraction of sp³-hybridized carbons (Fsp3) is 0.565. The third-order valence-electron chi connectivity index (χ3n) is 5.24. The number of guanidine groups is 1. The van der Waals surface area contributed by atoms with E-state index >= 15 is 0 Å². The van der Waals surface area contributed by atoms with Crippen LogP contribution >= 0.6 is 0 Å². The molecular formula is C23H37N5O. The van der Waals surface area contributed by atoms with Crippen LogP contribution in [0.4, 0.5) is 0 Å². The topological polar surface area (TPSA) is 74.5 Å². The molecule has 0 bridgehead atoms. The van der Waals surface area contributed by atoms with Gasteiger partial charge >= 0.3 is 0 Å². The summed E-state index contributed by atoms with van der Waals surface area (Å²) in [6.07, 6.45) is 3.06. The largest absolute Gasteiger partial charge is 0.396 e. The van der Waals surface area contributed by atoms with Gasteiger partial charge in [-0.25, -0.2) is 4.99 Å². The highest BCUT2D eigenvalue weighted by molar-refractivity contribution is 5.79. The third kappa shape index (κ3) is 7.20. The van der Waals surface area contributed by atoms with E-state index < -0.39 is 0 Å². The van der Waals surface area contributed by atoms with E-state index in [0.29, 0.717) is 12.5 Å². The maximum atomic E-state index is 9.27. The standard InChI is InChI=1S/C23H37N5O/c1-5-10-20(13-14-29)15-25-23(24-6-2)26-16-22-18(3)27-28(19(22)4)17-21-11-8-7-9-12-21/h7-9,11-12,20,29H,5-6,10,13-17H2,1-4H3,(H2,24,25,26). The van der Waals surface area contributed by atoms with Gasteiger partial charge in [0.05, 0.1) is 18.8 Å². The molecule has 0 fully saturated rings. The van der Waals surface area contributed by atoms with Gasteiger partial charge in [0.1, 0.15) is 0 Å². The molecule has 6 nitrogen and oxygen atoms in total. The minimum atomic E-state index is 0.235. The lowest BCUT2D eigenvalue weighted by Gasteiger charge is -2.18. The van der Waals surface area contributed by atoms with E-state index in [1.54, 1.807) is 0 Å². The molecule has 0 aliphatic heterocycles. The Labute approximate surface area is 175 Å². The van der Waals surface area contributed by atoms with E-state index in [9.17, 15) is 5.11 Å². The van der Waals surface area contributed by atoms with Crippen LogP contribution in [0.2, 0.25) is 0 Å². The number of benzene rings is 1. The van der Waals surface area contributed by atoms with Crippen molar-refractivity contribution in [2.24, 2.45) is 10.9 Å². The summed E-state index contributed by atoms with van der Waals surface area (Å²) in [5.41, 5.74) is 4.62. The predicted molar refractivity (Wildman–Crippen MR) is 120 cm³/mol. The first-order valence-corrected chi connectivity index (χ1v) is 10.8. The number of nitrogens with one attached hydrogen (secondary N) is 2. The number of aliphatic hydroxyl groups excluding tert-OH is 1. The molecule has 160 valence electrons. The van der Waals surface area contributed by atoms with Gasteiger partial charge in [-0.2, -0.15) is 5.10 Å². The van der Waals surface area contributed by atoms with E-state index in [0.717, 1.165) is 56.2 Å². The van der Waals surface area contributed by atoms with Gasteiger partial charge in [-0.1, -0.05) is 43.7 Å². The average Bonchev–Trinajstić information content (AvgIpc) is 2.98. The van der Waals surface area contributed by atoms with Crippen molar-refractivity contribution in [1.82, 2.24) is 20.4 Å². The number of hydrogen-bond acceptors (Lipinski definition) is 3. The second-order valence-corrected chi connectivity index (χ2v) is 7.54. The van der Waals surface area contributed by atoms with Gasteiger partial charge in [0.15, 0.2) is 5.96 Å². The highest BCUT2D eigenvalue weighted by Crippen LogP contribution is 2.16. The average molecular weight is 400 g/mol. The molecule has 2 rings (SSSR count). The minimum Gasteiger partial charge on any atom is -0.396 e. The van der Waals surface area contributed by atoms with E-state index in [1.165, 1.54) is 11.1 Å². The van der Waals surface area contributed by atoms with Gasteiger partial charge in [0, 0.05) is 31.0 Å². The van der Waals surface area contributed by atoms with Crippen molar-refractivity contribution in [3.05, 3.63) is 52.8 Å². The smallest absolute Gasteiger partial charge is 0.191 e. The Morgan fingerprint density at radius 3 is 2.55 bits per heavy atom. The molecule has 0 radical (unpaired) electrons. The quantitative estimate of drug-likeness (QED) is 0.400. The molecule has 1 unspecified atom stereocenters. The van der Waals surface area contributed by atoms with Crippen LogP contribution in [0.25, 0.3) is 0 Å². The van der Waals surface area contributed by atoms with Crippen molar-refractivity contribution in [2.45, 2.75) is 60.0 Å². The Hall–Kier alpha value is -2.34. The fourth-order valence-electron chi connectivity index (χ4n) is 3.55. The highest BCUT2D eigenvalue weighted by Gasteiger charge is 2.13. The maximum absolute atomic E-state index is 9.27. The lowest BCUT2D eigenvalue weighted by Crippen LogP contribution is -2.40. The Bertz CT molecular complexity index is 748. The molecule has 29 heavy (non-hydrogen) atoms. The van der Waals surface area contributed by atoms with Crippen LogP contribution in [0.15, 0.2) is 35.3 Å². The Balaban J connectivity index is 2.06. The number of rotatable bonds is 11. The molecule has 2 aromatic rings. The van der Waals surface area contributed by atoms with Crippen molar-refractivity contribution in [3.63, 3.8) is 0 Å². The van der Waals surface area contributed by atoms with E-state index in [1.807, 2.05) is 6.07 Å². The van der Waals surface area contributed by atoms with E-state index in [4.69, 9.17) is 10.1 Å². The second-order valence-electron chi connectivity index (χ2n) is 7.54. The van der Waals surface area contributed by atoms with E-state index in [-0.39, 0.29) is 6.61 Å². The summed E-state index contributed by atoms with van der Waals surface area (Å²) in [4.78, 5) is 4.80. The number of aryl methyl sites for hydroxylation is 1. The van der Waals surface area contributed by atoms with Crippen LogP contribution in [-0.4, -0.2) is 40.5 Å². The Kier molecular flexibility index (Phi) is 9.71. The van der Waals surface area contributed by atoms with Crippen molar-refractivity contribution in [1.29, 1.82) is 0 Å². The molecule has 0 amide bonds. The third-order valence-corrected chi connectivity index (χ3v) is 5.24. The zero-order chi connectivity index (χ0) is 21.1. The lowest BCUT2D eigenvalue weighted by molar-refractivity contribution is 0.251. The minimum absolute atomic E-state index is 0.235. The summed E-state index contributed by atoms with van der Waals surface area (Å²) < 4.78 is 2.06. The second kappa shape index (κ2) is 12.3. The number of hydrogen-bond donors (Lipinski definition) is 3. The van der Waals surface area contributed by atoms with Gasteiger partial charge in [0.25, 0.3) is 0 Å². The molecule has 1 atom stereocenters. The maximum Gasteiger partial charge on any atom is 0.191 e. The van der Waals surface area contributed by atoms with Crippen LogP contribution in [0.5, 0.6) is 0 Å². The number of aliphatic hydroxyl groups is 1.